The summed E-state index contributed by atoms with van der Waals surface area (Å²) in [7, 11) is 0. The quantitative estimate of drug-likeness (QED) is 0.617. The maximum Gasteiger partial charge on any atom is 0.314 e. The Morgan fingerprint density at radius 1 is 1.26 bits per heavy atom. The fourth-order valence-electron chi connectivity index (χ4n) is 2.09. The zero-order valence-corrected chi connectivity index (χ0v) is 11.1. The fourth-order valence-corrected chi connectivity index (χ4v) is 2.09. The first kappa shape index (κ1) is 12.5. The number of carbonyl (C=O) groups is 1. The number of aryl methyl sites for hydroxylation is 1. The molecule has 0 amide bonds. The van der Waals surface area contributed by atoms with Crippen molar-refractivity contribution in [2.45, 2.75) is 32.3 Å². The van der Waals surface area contributed by atoms with Gasteiger partial charge in [-0.15, -0.1) is 0 Å². The molecule has 3 rings (SSSR count). The van der Waals surface area contributed by atoms with Gasteiger partial charge < -0.3 is 14.2 Å². The van der Waals surface area contributed by atoms with E-state index >= 15 is 0 Å². The lowest BCUT2D eigenvalue weighted by Crippen LogP contribution is -2.17. The van der Waals surface area contributed by atoms with Gasteiger partial charge in [0.25, 0.3) is 0 Å². The third-order valence-electron chi connectivity index (χ3n) is 3.40. The standard InChI is InChI=1S/C15H18O4/c1-10-2-5-13(18-12-6-7-17-9-12)14(8-10)19-15(16)11-3-4-11/h2,5,8,11-12H,3-4,6-7,9H2,1H3. The van der Waals surface area contributed by atoms with Crippen LogP contribution in [0.5, 0.6) is 11.5 Å². The molecule has 0 bridgehead atoms. The van der Waals surface area contributed by atoms with Crippen LogP contribution in [-0.4, -0.2) is 25.3 Å². The Morgan fingerprint density at radius 2 is 2.11 bits per heavy atom. The summed E-state index contributed by atoms with van der Waals surface area (Å²) in [5.41, 5.74) is 1.05. The molecule has 2 aliphatic rings. The summed E-state index contributed by atoms with van der Waals surface area (Å²) >= 11 is 0. The normalized spacial score (nSPS) is 22.3. The molecule has 102 valence electrons. The molecule has 2 fully saturated rings. The molecule has 0 aromatic heterocycles. The van der Waals surface area contributed by atoms with Crippen molar-refractivity contribution in [3.63, 3.8) is 0 Å². The first-order chi connectivity index (χ1) is 9.22. The van der Waals surface area contributed by atoms with Gasteiger partial charge in [0.05, 0.1) is 19.1 Å². The summed E-state index contributed by atoms with van der Waals surface area (Å²) in [6.45, 7) is 3.30. The van der Waals surface area contributed by atoms with Crippen LogP contribution in [0, 0.1) is 12.8 Å². The molecule has 0 radical (unpaired) electrons. The van der Waals surface area contributed by atoms with Crippen molar-refractivity contribution >= 4 is 5.97 Å². The number of ether oxygens (including phenoxy) is 3. The summed E-state index contributed by atoms with van der Waals surface area (Å²) in [4.78, 5) is 11.8. The van der Waals surface area contributed by atoms with E-state index in [1.165, 1.54) is 0 Å². The number of benzene rings is 1. The third kappa shape index (κ3) is 3.07. The SMILES string of the molecule is Cc1ccc(OC2CCOC2)c(OC(=O)C2CC2)c1. The van der Waals surface area contributed by atoms with E-state index in [-0.39, 0.29) is 18.0 Å². The van der Waals surface area contributed by atoms with E-state index in [9.17, 15) is 4.79 Å². The van der Waals surface area contributed by atoms with Crippen LogP contribution in [0.2, 0.25) is 0 Å². The molecular weight excluding hydrogens is 244 g/mol. The first-order valence-corrected chi connectivity index (χ1v) is 6.79. The van der Waals surface area contributed by atoms with E-state index in [0.29, 0.717) is 18.1 Å². The lowest BCUT2D eigenvalue weighted by Gasteiger charge is -2.15. The van der Waals surface area contributed by atoms with Crippen LogP contribution in [0.15, 0.2) is 18.2 Å². The Labute approximate surface area is 112 Å². The van der Waals surface area contributed by atoms with Crippen molar-refractivity contribution < 1.29 is 19.0 Å². The highest BCUT2D eigenvalue weighted by Crippen LogP contribution is 2.35. The molecule has 19 heavy (non-hydrogen) atoms. The minimum Gasteiger partial charge on any atom is -0.484 e. The van der Waals surface area contributed by atoms with Crippen molar-refractivity contribution in [3.8, 4) is 11.5 Å². The second kappa shape index (κ2) is 5.21. The van der Waals surface area contributed by atoms with Crippen LogP contribution in [0.25, 0.3) is 0 Å². The Bertz CT molecular complexity index is 473. The predicted molar refractivity (Wildman–Crippen MR) is 69.4 cm³/mol. The van der Waals surface area contributed by atoms with Crippen LogP contribution in [0.3, 0.4) is 0 Å². The molecule has 1 atom stereocenters. The lowest BCUT2D eigenvalue weighted by atomic mass is 10.2. The van der Waals surface area contributed by atoms with Gasteiger partial charge in [-0.3, -0.25) is 4.79 Å². The fraction of sp³-hybridized carbons (Fsp3) is 0.533. The monoisotopic (exact) mass is 262 g/mol. The molecule has 1 unspecified atom stereocenters. The van der Waals surface area contributed by atoms with Crippen molar-refractivity contribution in [2.24, 2.45) is 5.92 Å². The summed E-state index contributed by atoms with van der Waals surface area (Å²) in [6, 6.07) is 5.67. The van der Waals surface area contributed by atoms with E-state index in [1.807, 2.05) is 25.1 Å². The molecule has 0 N–H and O–H groups in total. The Kier molecular flexibility index (Phi) is 3.42. The van der Waals surface area contributed by atoms with Gasteiger partial charge >= 0.3 is 5.97 Å². The van der Waals surface area contributed by atoms with E-state index in [0.717, 1.165) is 31.4 Å². The summed E-state index contributed by atoms with van der Waals surface area (Å²) in [5.74, 6) is 1.11. The van der Waals surface area contributed by atoms with Gasteiger partial charge in [-0.2, -0.15) is 0 Å². The minimum atomic E-state index is -0.141. The topological polar surface area (TPSA) is 44.8 Å². The molecule has 1 heterocycles. The van der Waals surface area contributed by atoms with Crippen LogP contribution < -0.4 is 9.47 Å². The largest absolute Gasteiger partial charge is 0.484 e. The van der Waals surface area contributed by atoms with Crippen molar-refractivity contribution in [1.82, 2.24) is 0 Å². The average molecular weight is 262 g/mol. The zero-order valence-electron chi connectivity index (χ0n) is 11.1. The summed E-state index contributed by atoms with van der Waals surface area (Å²) in [6.07, 6.45) is 2.82. The highest BCUT2D eigenvalue weighted by molar-refractivity contribution is 5.78. The Balaban J connectivity index is 1.74. The van der Waals surface area contributed by atoms with E-state index in [4.69, 9.17) is 14.2 Å². The molecule has 4 heteroatoms. The predicted octanol–water partition coefficient (Wildman–Crippen LogP) is 2.48. The van der Waals surface area contributed by atoms with Gasteiger partial charge in [-0.25, -0.2) is 0 Å². The van der Waals surface area contributed by atoms with Gasteiger partial charge in [0, 0.05) is 6.42 Å². The second-order valence-corrected chi connectivity index (χ2v) is 5.25. The Hall–Kier alpha value is -1.55. The summed E-state index contributed by atoms with van der Waals surface area (Å²) < 4.78 is 16.6. The highest BCUT2D eigenvalue weighted by Gasteiger charge is 2.32. The third-order valence-corrected chi connectivity index (χ3v) is 3.40. The molecule has 0 spiro atoms. The van der Waals surface area contributed by atoms with Gasteiger partial charge in [0.15, 0.2) is 11.5 Å². The van der Waals surface area contributed by atoms with Gasteiger partial charge in [0.1, 0.15) is 6.10 Å². The van der Waals surface area contributed by atoms with E-state index < -0.39 is 0 Å². The molecule has 1 saturated carbocycles. The zero-order chi connectivity index (χ0) is 13.2. The minimum absolute atomic E-state index is 0.0566. The molecule has 1 aliphatic heterocycles. The second-order valence-electron chi connectivity index (χ2n) is 5.25. The number of hydrogen-bond donors (Lipinski definition) is 0. The van der Waals surface area contributed by atoms with Crippen LogP contribution in [0.1, 0.15) is 24.8 Å². The van der Waals surface area contributed by atoms with Crippen molar-refractivity contribution in [3.05, 3.63) is 23.8 Å². The van der Waals surface area contributed by atoms with Gasteiger partial charge in [-0.1, -0.05) is 6.07 Å². The maximum atomic E-state index is 11.8. The van der Waals surface area contributed by atoms with Crippen molar-refractivity contribution in [2.75, 3.05) is 13.2 Å². The summed E-state index contributed by atoms with van der Waals surface area (Å²) in [5, 5.41) is 0. The lowest BCUT2D eigenvalue weighted by molar-refractivity contribution is -0.135. The molecule has 1 saturated heterocycles. The van der Waals surface area contributed by atoms with Crippen LogP contribution >= 0.6 is 0 Å². The molecule has 4 nitrogen and oxygen atoms in total. The Morgan fingerprint density at radius 3 is 2.79 bits per heavy atom. The molecule has 1 aromatic carbocycles. The van der Waals surface area contributed by atoms with Crippen molar-refractivity contribution in [1.29, 1.82) is 0 Å². The molecular formula is C15H18O4. The van der Waals surface area contributed by atoms with Crippen LogP contribution in [-0.2, 0) is 9.53 Å². The first-order valence-electron chi connectivity index (χ1n) is 6.79. The molecule has 1 aromatic rings. The number of hydrogen-bond acceptors (Lipinski definition) is 4. The van der Waals surface area contributed by atoms with E-state index in [2.05, 4.69) is 0 Å². The van der Waals surface area contributed by atoms with Gasteiger partial charge in [0.2, 0.25) is 0 Å². The van der Waals surface area contributed by atoms with Gasteiger partial charge in [-0.05, 0) is 37.5 Å². The maximum absolute atomic E-state index is 11.8. The number of rotatable bonds is 4. The van der Waals surface area contributed by atoms with E-state index in [1.54, 1.807) is 0 Å². The van der Waals surface area contributed by atoms with Crippen LogP contribution in [0.4, 0.5) is 0 Å². The molecule has 1 aliphatic carbocycles. The average Bonchev–Trinajstić information content (AvgIpc) is 3.12. The number of carbonyl (C=O) groups excluding carboxylic acids is 1. The highest BCUT2D eigenvalue weighted by atomic mass is 16.6. The number of esters is 1. The smallest absolute Gasteiger partial charge is 0.314 e.